The van der Waals surface area contributed by atoms with Gasteiger partial charge in [0.05, 0.1) is 5.02 Å². The van der Waals surface area contributed by atoms with Gasteiger partial charge in [-0.05, 0) is 54.4 Å². The Morgan fingerprint density at radius 3 is 2.34 bits per heavy atom. The lowest BCUT2D eigenvalue weighted by Gasteiger charge is -2.11. The number of benzene rings is 3. The van der Waals surface area contributed by atoms with Gasteiger partial charge in [0.25, 0.3) is 15.9 Å². The number of carbonyl (C=O) groups is 1. The number of carbonyl (C=O) groups excluding carboxylic acids is 1. The molecule has 0 heterocycles. The maximum Gasteiger partial charge on any atom is 0.263 e. The average molecular weight is 433 g/mol. The predicted molar refractivity (Wildman–Crippen MR) is 111 cm³/mol. The van der Waals surface area contributed by atoms with E-state index < -0.39 is 15.9 Å². The molecular weight excluding hydrogens is 415 g/mol. The molecule has 3 rings (SSSR count). The number of sulfonamides is 1. The first-order valence-corrected chi connectivity index (χ1v) is 10.6. The quantitative estimate of drug-likeness (QED) is 0.586. The molecule has 0 aliphatic carbocycles. The molecule has 0 atom stereocenters. The van der Waals surface area contributed by atoms with Gasteiger partial charge in [0.1, 0.15) is 10.7 Å². The van der Waals surface area contributed by atoms with Crippen LogP contribution in [0.5, 0.6) is 0 Å². The van der Waals surface area contributed by atoms with E-state index in [1.165, 1.54) is 30.3 Å². The number of para-hydroxylation sites is 1. The van der Waals surface area contributed by atoms with E-state index in [0.29, 0.717) is 18.7 Å². The summed E-state index contributed by atoms with van der Waals surface area (Å²) in [5, 5.41) is 2.73. The fraction of sp³-hybridized carbons (Fsp3) is 0.0952. The molecule has 0 fully saturated rings. The zero-order chi connectivity index (χ0) is 20.9. The molecule has 0 spiro atoms. The molecule has 150 valence electrons. The van der Waals surface area contributed by atoms with E-state index in [2.05, 4.69) is 10.0 Å². The summed E-state index contributed by atoms with van der Waals surface area (Å²) < 4.78 is 40.7. The minimum absolute atomic E-state index is 0.0105. The van der Waals surface area contributed by atoms with E-state index in [0.717, 1.165) is 5.56 Å². The predicted octanol–water partition coefficient (Wildman–Crippen LogP) is 4.25. The van der Waals surface area contributed by atoms with E-state index >= 15 is 0 Å². The standard InChI is InChI=1S/C21H18ClFN2O3S/c22-19-11-8-16(21(26)24-13-12-15-6-9-17(23)10-7-15)14-20(19)29(27,28)25-18-4-2-1-3-5-18/h1-11,14,25H,12-13H2,(H,24,26). The molecule has 1 amide bonds. The lowest BCUT2D eigenvalue weighted by Crippen LogP contribution is -2.26. The summed E-state index contributed by atoms with van der Waals surface area (Å²) in [5.41, 5.74) is 1.43. The molecule has 0 saturated heterocycles. The van der Waals surface area contributed by atoms with Crippen LogP contribution in [0, 0.1) is 5.82 Å². The Balaban J connectivity index is 1.70. The first-order valence-electron chi connectivity index (χ1n) is 8.75. The molecule has 5 nitrogen and oxygen atoms in total. The van der Waals surface area contributed by atoms with Crippen molar-refractivity contribution in [1.29, 1.82) is 0 Å². The van der Waals surface area contributed by atoms with Crippen LogP contribution >= 0.6 is 11.6 Å². The van der Waals surface area contributed by atoms with Gasteiger partial charge >= 0.3 is 0 Å². The van der Waals surface area contributed by atoms with Crippen LogP contribution in [0.4, 0.5) is 10.1 Å². The SMILES string of the molecule is O=C(NCCc1ccc(F)cc1)c1ccc(Cl)c(S(=O)(=O)Nc2ccccc2)c1. The van der Waals surface area contributed by atoms with Crippen LogP contribution < -0.4 is 10.0 Å². The molecule has 0 radical (unpaired) electrons. The molecule has 0 aromatic heterocycles. The van der Waals surface area contributed by atoms with Gasteiger partial charge in [-0.3, -0.25) is 9.52 Å². The summed E-state index contributed by atoms with van der Waals surface area (Å²) >= 11 is 6.07. The van der Waals surface area contributed by atoms with Gasteiger partial charge in [-0.25, -0.2) is 12.8 Å². The Labute approximate surface area is 173 Å². The van der Waals surface area contributed by atoms with Crippen LogP contribution in [-0.4, -0.2) is 20.9 Å². The topological polar surface area (TPSA) is 75.3 Å². The third kappa shape index (κ3) is 5.56. The Hall–Kier alpha value is -2.90. The van der Waals surface area contributed by atoms with E-state index in [4.69, 9.17) is 11.6 Å². The second-order valence-electron chi connectivity index (χ2n) is 6.25. The maximum absolute atomic E-state index is 12.9. The number of nitrogens with one attached hydrogen (secondary N) is 2. The first-order chi connectivity index (χ1) is 13.8. The maximum atomic E-state index is 12.9. The van der Waals surface area contributed by atoms with Gasteiger partial charge in [-0.2, -0.15) is 0 Å². The summed E-state index contributed by atoms with van der Waals surface area (Å²) in [6.45, 7) is 0.317. The van der Waals surface area contributed by atoms with Crippen LogP contribution in [0.3, 0.4) is 0 Å². The Morgan fingerprint density at radius 1 is 0.966 bits per heavy atom. The van der Waals surface area contributed by atoms with Crippen molar-refractivity contribution >= 4 is 33.2 Å². The molecule has 3 aromatic rings. The van der Waals surface area contributed by atoms with Crippen LogP contribution in [0.2, 0.25) is 5.02 Å². The largest absolute Gasteiger partial charge is 0.352 e. The highest BCUT2D eigenvalue weighted by atomic mass is 35.5. The second kappa shape index (κ2) is 9.07. The van der Waals surface area contributed by atoms with Crippen molar-refractivity contribution in [2.75, 3.05) is 11.3 Å². The third-order valence-electron chi connectivity index (χ3n) is 4.12. The van der Waals surface area contributed by atoms with E-state index in [1.807, 2.05) is 0 Å². The third-order valence-corrected chi connectivity index (χ3v) is 5.98. The number of rotatable bonds is 7. The highest BCUT2D eigenvalue weighted by molar-refractivity contribution is 7.92. The van der Waals surface area contributed by atoms with Gasteiger partial charge in [0, 0.05) is 17.8 Å². The molecular formula is C21H18ClFN2O3S. The van der Waals surface area contributed by atoms with Gasteiger partial charge in [0.2, 0.25) is 0 Å². The molecule has 0 aliphatic heterocycles. The minimum atomic E-state index is -3.97. The van der Waals surface area contributed by atoms with Crippen LogP contribution in [-0.2, 0) is 16.4 Å². The zero-order valence-electron chi connectivity index (χ0n) is 15.2. The molecule has 0 bridgehead atoms. The number of hydrogen-bond acceptors (Lipinski definition) is 3. The van der Waals surface area contributed by atoms with E-state index in [9.17, 15) is 17.6 Å². The van der Waals surface area contributed by atoms with Crippen molar-refractivity contribution in [2.45, 2.75) is 11.3 Å². The minimum Gasteiger partial charge on any atom is -0.352 e. The molecule has 8 heteroatoms. The molecule has 29 heavy (non-hydrogen) atoms. The number of anilines is 1. The molecule has 0 saturated carbocycles. The summed E-state index contributed by atoms with van der Waals surface area (Å²) in [5.74, 6) is -0.753. The molecule has 0 aliphatic rings. The lowest BCUT2D eigenvalue weighted by atomic mass is 10.1. The Kier molecular flexibility index (Phi) is 6.51. The van der Waals surface area contributed by atoms with Crippen molar-refractivity contribution in [2.24, 2.45) is 0 Å². The summed E-state index contributed by atoms with van der Waals surface area (Å²) in [6.07, 6.45) is 0.514. The Morgan fingerprint density at radius 2 is 1.66 bits per heavy atom. The second-order valence-corrected chi connectivity index (χ2v) is 8.31. The van der Waals surface area contributed by atoms with Crippen LogP contribution in [0.15, 0.2) is 77.7 Å². The molecule has 2 N–H and O–H groups in total. The highest BCUT2D eigenvalue weighted by Crippen LogP contribution is 2.25. The number of hydrogen-bond donors (Lipinski definition) is 2. The van der Waals surface area contributed by atoms with Gasteiger partial charge in [-0.1, -0.05) is 41.9 Å². The first kappa shape index (κ1) is 20.8. The van der Waals surface area contributed by atoms with Gasteiger partial charge in [0.15, 0.2) is 0 Å². The van der Waals surface area contributed by atoms with Crippen molar-refractivity contribution in [1.82, 2.24) is 5.32 Å². The van der Waals surface area contributed by atoms with E-state index in [-0.39, 0.29) is 21.3 Å². The van der Waals surface area contributed by atoms with Crippen molar-refractivity contribution in [3.05, 3.63) is 94.8 Å². The average Bonchev–Trinajstić information content (AvgIpc) is 2.70. The fourth-order valence-corrected chi connectivity index (χ4v) is 4.23. The molecule has 3 aromatic carbocycles. The van der Waals surface area contributed by atoms with Crippen LogP contribution in [0.1, 0.15) is 15.9 Å². The van der Waals surface area contributed by atoms with Crippen molar-refractivity contribution < 1.29 is 17.6 Å². The zero-order valence-corrected chi connectivity index (χ0v) is 16.8. The highest BCUT2D eigenvalue weighted by Gasteiger charge is 2.20. The van der Waals surface area contributed by atoms with Crippen molar-refractivity contribution in [3.63, 3.8) is 0 Å². The lowest BCUT2D eigenvalue weighted by molar-refractivity contribution is 0.0954. The van der Waals surface area contributed by atoms with Gasteiger partial charge < -0.3 is 5.32 Å². The normalized spacial score (nSPS) is 11.1. The molecule has 0 unspecified atom stereocenters. The summed E-state index contributed by atoms with van der Waals surface area (Å²) in [6, 6.07) is 18.4. The van der Waals surface area contributed by atoms with E-state index in [1.54, 1.807) is 42.5 Å². The summed E-state index contributed by atoms with van der Waals surface area (Å²) in [7, 11) is -3.97. The number of amides is 1. The Bertz CT molecular complexity index is 1100. The smallest absolute Gasteiger partial charge is 0.263 e. The summed E-state index contributed by atoms with van der Waals surface area (Å²) in [4.78, 5) is 12.2. The monoisotopic (exact) mass is 432 g/mol. The van der Waals surface area contributed by atoms with Gasteiger partial charge in [-0.15, -0.1) is 0 Å². The van der Waals surface area contributed by atoms with Crippen LogP contribution in [0.25, 0.3) is 0 Å². The fourth-order valence-electron chi connectivity index (χ4n) is 2.64. The van der Waals surface area contributed by atoms with Crippen molar-refractivity contribution in [3.8, 4) is 0 Å². The number of halogens is 2.